The largest absolute Gasteiger partial charge is 0.445 e. The average Bonchev–Trinajstić information content (AvgIpc) is 3.09. The zero-order valence-corrected chi connectivity index (χ0v) is 14.5. The van der Waals surface area contributed by atoms with Crippen molar-refractivity contribution in [2.75, 3.05) is 0 Å². The van der Waals surface area contributed by atoms with Gasteiger partial charge in [0.05, 0.1) is 10.5 Å². The predicted octanol–water partition coefficient (Wildman–Crippen LogP) is 5.19. The lowest BCUT2D eigenvalue weighted by Gasteiger charge is -2.57. The molecule has 1 aromatic carbocycles. The zero-order chi connectivity index (χ0) is 17.9. The summed E-state index contributed by atoms with van der Waals surface area (Å²) in [5, 5.41) is 20.7. The second kappa shape index (κ2) is 5.44. The van der Waals surface area contributed by atoms with E-state index in [9.17, 15) is 10.1 Å². The van der Waals surface area contributed by atoms with Crippen LogP contribution < -0.4 is 0 Å². The van der Waals surface area contributed by atoms with Crippen LogP contribution >= 0.6 is 0 Å². The third-order valence-electron chi connectivity index (χ3n) is 6.83. The number of hydrogen-bond acceptors (Lipinski definition) is 4. The van der Waals surface area contributed by atoms with E-state index in [4.69, 9.17) is 9.68 Å². The van der Waals surface area contributed by atoms with Gasteiger partial charge < -0.3 is 4.42 Å². The fourth-order valence-corrected chi connectivity index (χ4v) is 6.23. The number of furan rings is 1. The average molecular weight is 348 g/mol. The first-order chi connectivity index (χ1) is 12.6. The minimum atomic E-state index is -0.325. The van der Waals surface area contributed by atoms with Crippen LogP contribution in [0.3, 0.4) is 0 Å². The summed E-state index contributed by atoms with van der Waals surface area (Å²) in [6.07, 6.45) is 7.58. The fraction of sp³-hybridized carbons (Fsp3) is 0.476. The van der Waals surface area contributed by atoms with Gasteiger partial charge in [-0.25, -0.2) is 0 Å². The van der Waals surface area contributed by atoms with Crippen LogP contribution in [-0.4, -0.2) is 4.92 Å². The van der Waals surface area contributed by atoms with Crippen LogP contribution in [0, 0.1) is 39.2 Å². The Kier molecular flexibility index (Phi) is 3.27. The molecule has 0 spiro atoms. The third-order valence-corrected chi connectivity index (χ3v) is 6.83. The van der Waals surface area contributed by atoms with E-state index in [-0.39, 0.29) is 21.8 Å². The van der Waals surface area contributed by atoms with Crippen molar-refractivity contribution in [1.29, 1.82) is 5.26 Å². The molecule has 4 bridgehead atoms. The number of nitro benzene ring substituents is 1. The lowest BCUT2D eigenvalue weighted by molar-refractivity contribution is -0.384. The second-order valence-electron chi connectivity index (χ2n) is 8.46. The number of nitro groups is 1. The summed E-state index contributed by atoms with van der Waals surface area (Å²) in [5.74, 6) is 2.93. The molecule has 0 atom stereocenters. The highest BCUT2D eigenvalue weighted by molar-refractivity contribution is 5.71. The maximum Gasteiger partial charge on any atom is 0.280 e. The zero-order valence-electron chi connectivity index (χ0n) is 14.5. The van der Waals surface area contributed by atoms with Crippen LogP contribution in [0.2, 0.25) is 0 Å². The molecule has 0 radical (unpaired) electrons. The first-order valence-corrected chi connectivity index (χ1v) is 9.35. The smallest absolute Gasteiger partial charge is 0.280 e. The van der Waals surface area contributed by atoms with Gasteiger partial charge in [0.2, 0.25) is 5.76 Å². The topological polar surface area (TPSA) is 80.1 Å². The first-order valence-electron chi connectivity index (χ1n) is 9.35. The van der Waals surface area contributed by atoms with Gasteiger partial charge in [-0.3, -0.25) is 10.1 Å². The summed E-state index contributed by atoms with van der Waals surface area (Å²) in [7, 11) is 0. The van der Waals surface area contributed by atoms with Gasteiger partial charge in [0, 0.05) is 6.07 Å². The number of rotatable bonds is 3. The standard InChI is InChI=1S/C21H20N2O3/c22-12-17-2-4-20(26-17)18-3-1-16(8-19(18)23(24)25)21-9-13-5-14(10-21)7-15(6-13)11-21/h1-4,8,13-15H,5-7,9-11H2. The molecule has 6 rings (SSSR count). The lowest BCUT2D eigenvalue weighted by atomic mass is 9.48. The molecular formula is C21H20N2O3. The van der Waals surface area contributed by atoms with Gasteiger partial charge in [0.1, 0.15) is 11.8 Å². The van der Waals surface area contributed by atoms with E-state index in [0.717, 1.165) is 23.3 Å². The van der Waals surface area contributed by atoms with Crippen LogP contribution in [0.1, 0.15) is 49.8 Å². The Bertz CT molecular complexity index is 902. The molecule has 0 saturated heterocycles. The molecule has 5 heteroatoms. The van der Waals surface area contributed by atoms with Crippen molar-refractivity contribution in [3.63, 3.8) is 0 Å². The Labute approximate surface area is 151 Å². The molecule has 0 aliphatic heterocycles. The van der Waals surface area contributed by atoms with Gasteiger partial charge in [0.15, 0.2) is 0 Å². The van der Waals surface area contributed by atoms with Crippen molar-refractivity contribution >= 4 is 5.69 Å². The van der Waals surface area contributed by atoms with Gasteiger partial charge in [-0.05, 0) is 85.5 Å². The number of nitrogens with zero attached hydrogens (tertiary/aromatic N) is 2. The van der Waals surface area contributed by atoms with Crippen LogP contribution in [0.25, 0.3) is 11.3 Å². The normalized spacial score (nSPS) is 31.7. The van der Waals surface area contributed by atoms with Crippen molar-refractivity contribution in [2.45, 2.75) is 43.9 Å². The summed E-state index contributed by atoms with van der Waals surface area (Å²) in [4.78, 5) is 11.4. The van der Waals surface area contributed by atoms with Gasteiger partial charge >= 0.3 is 0 Å². The third kappa shape index (κ3) is 2.28. The van der Waals surface area contributed by atoms with Gasteiger partial charge in [-0.2, -0.15) is 5.26 Å². The van der Waals surface area contributed by atoms with Gasteiger partial charge in [-0.15, -0.1) is 0 Å². The highest BCUT2D eigenvalue weighted by atomic mass is 16.6. The molecule has 0 N–H and O–H groups in total. The second-order valence-corrected chi connectivity index (χ2v) is 8.46. The van der Waals surface area contributed by atoms with Crippen molar-refractivity contribution in [3.8, 4) is 17.4 Å². The molecule has 0 amide bonds. The molecule has 5 nitrogen and oxygen atoms in total. The van der Waals surface area contributed by atoms with Crippen LogP contribution in [0.4, 0.5) is 5.69 Å². The summed E-state index contributed by atoms with van der Waals surface area (Å²) < 4.78 is 5.43. The fourth-order valence-electron chi connectivity index (χ4n) is 6.23. The van der Waals surface area contributed by atoms with Crippen molar-refractivity contribution in [3.05, 3.63) is 51.8 Å². The van der Waals surface area contributed by atoms with E-state index in [1.165, 1.54) is 38.5 Å². The van der Waals surface area contributed by atoms with E-state index < -0.39 is 0 Å². The Morgan fingerprint density at radius 2 is 1.73 bits per heavy atom. The SMILES string of the molecule is N#Cc1ccc(-c2ccc(C34CC5CC(CC(C5)C3)C4)cc2[N+](=O)[O-])o1. The molecular weight excluding hydrogens is 328 g/mol. The van der Waals surface area contributed by atoms with E-state index in [2.05, 4.69) is 6.07 Å². The molecule has 0 unspecified atom stereocenters. The van der Waals surface area contributed by atoms with Crippen LogP contribution in [0.15, 0.2) is 34.7 Å². The molecule has 1 heterocycles. The van der Waals surface area contributed by atoms with Crippen molar-refractivity contribution in [2.24, 2.45) is 17.8 Å². The highest BCUT2D eigenvalue weighted by Crippen LogP contribution is 2.61. The van der Waals surface area contributed by atoms with Gasteiger partial charge in [0.25, 0.3) is 5.69 Å². The minimum absolute atomic E-state index is 0.0806. The maximum atomic E-state index is 11.7. The predicted molar refractivity (Wildman–Crippen MR) is 95.4 cm³/mol. The summed E-state index contributed by atoms with van der Waals surface area (Å²) in [6.45, 7) is 0. The van der Waals surface area contributed by atoms with E-state index in [0.29, 0.717) is 11.3 Å². The maximum absolute atomic E-state index is 11.7. The highest BCUT2D eigenvalue weighted by Gasteiger charge is 2.51. The molecule has 4 aliphatic carbocycles. The molecule has 4 fully saturated rings. The Morgan fingerprint density at radius 1 is 1.08 bits per heavy atom. The Balaban J connectivity index is 1.58. The minimum Gasteiger partial charge on any atom is -0.445 e. The summed E-state index contributed by atoms with van der Waals surface area (Å²) >= 11 is 0. The van der Waals surface area contributed by atoms with Crippen LogP contribution in [0.5, 0.6) is 0 Å². The monoisotopic (exact) mass is 348 g/mol. The van der Waals surface area contributed by atoms with E-state index in [1.54, 1.807) is 18.2 Å². The van der Waals surface area contributed by atoms with Crippen molar-refractivity contribution < 1.29 is 9.34 Å². The molecule has 4 aliphatic rings. The number of benzene rings is 1. The first kappa shape index (κ1) is 15.6. The number of hydrogen-bond donors (Lipinski definition) is 0. The molecule has 132 valence electrons. The summed E-state index contributed by atoms with van der Waals surface area (Å²) in [6, 6.07) is 10.8. The van der Waals surface area contributed by atoms with E-state index >= 15 is 0 Å². The Hall–Kier alpha value is -2.61. The van der Waals surface area contributed by atoms with Crippen LogP contribution in [-0.2, 0) is 5.41 Å². The Morgan fingerprint density at radius 3 is 2.27 bits per heavy atom. The van der Waals surface area contributed by atoms with E-state index in [1.807, 2.05) is 12.1 Å². The number of nitriles is 1. The van der Waals surface area contributed by atoms with Crippen molar-refractivity contribution in [1.82, 2.24) is 0 Å². The quantitative estimate of drug-likeness (QED) is 0.564. The lowest BCUT2D eigenvalue weighted by Crippen LogP contribution is -2.48. The molecule has 4 saturated carbocycles. The summed E-state index contributed by atoms with van der Waals surface area (Å²) in [5.41, 5.74) is 1.78. The molecule has 1 aromatic heterocycles. The molecule has 26 heavy (non-hydrogen) atoms. The van der Waals surface area contributed by atoms with Gasteiger partial charge in [-0.1, -0.05) is 6.07 Å². The molecule has 2 aromatic rings.